The lowest BCUT2D eigenvalue weighted by atomic mass is 10.2. The third-order valence-electron chi connectivity index (χ3n) is 4.81. The number of methoxy groups -OCH3 is 1. The Morgan fingerprint density at radius 1 is 1.09 bits per heavy atom. The second-order valence-electron chi connectivity index (χ2n) is 6.88. The largest absolute Gasteiger partial charge is 0.495 e. The molecule has 7 nitrogen and oxygen atoms in total. The van der Waals surface area contributed by atoms with Gasteiger partial charge >= 0.3 is 0 Å². The van der Waals surface area contributed by atoms with E-state index in [2.05, 4.69) is 9.71 Å². The van der Waals surface area contributed by atoms with Crippen molar-refractivity contribution >= 4 is 38.2 Å². The van der Waals surface area contributed by atoms with E-state index in [4.69, 9.17) is 16.3 Å². The molecule has 10 heteroatoms. The van der Waals surface area contributed by atoms with Gasteiger partial charge in [-0.15, -0.1) is 0 Å². The Labute approximate surface area is 188 Å². The summed E-state index contributed by atoms with van der Waals surface area (Å²) in [5.41, 5.74) is 0.0827. The first-order chi connectivity index (χ1) is 15.2. The number of fused-ring (bicyclic) bond motifs is 1. The van der Waals surface area contributed by atoms with Gasteiger partial charge in [0.15, 0.2) is 0 Å². The number of nitrogens with one attached hydrogen (secondary N) is 1. The van der Waals surface area contributed by atoms with Crippen LogP contribution in [0.3, 0.4) is 0 Å². The highest BCUT2D eigenvalue weighted by atomic mass is 35.5. The van der Waals surface area contributed by atoms with Gasteiger partial charge in [-0.1, -0.05) is 23.7 Å². The number of sulfonamides is 1. The summed E-state index contributed by atoms with van der Waals surface area (Å²) in [5, 5.41) is 0.554. The number of anilines is 1. The van der Waals surface area contributed by atoms with Crippen LogP contribution in [-0.2, 0) is 10.0 Å². The fourth-order valence-corrected chi connectivity index (χ4v) is 4.83. The van der Waals surface area contributed by atoms with Gasteiger partial charge in [0.1, 0.15) is 22.3 Å². The fourth-order valence-electron chi connectivity index (χ4n) is 3.34. The van der Waals surface area contributed by atoms with Crippen LogP contribution in [0, 0.1) is 12.7 Å². The van der Waals surface area contributed by atoms with Crippen LogP contribution in [0.2, 0.25) is 5.02 Å². The summed E-state index contributed by atoms with van der Waals surface area (Å²) in [6.45, 7) is 1.64. The summed E-state index contributed by atoms with van der Waals surface area (Å²) in [5.74, 6) is -0.410. The minimum Gasteiger partial charge on any atom is -0.495 e. The Morgan fingerprint density at radius 3 is 2.59 bits per heavy atom. The average Bonchev–Trinajstić information content (AvgIpc) is 2.75. The van der Waals surface area contributed by atoms with E-state index < -0.39 is 15.8 Å². The quantitative estimate of drug-likeness (QED) is 0.467. The van der Waals surface area contributed by atoms with Crippen LogP contribution in [0.25, 0.3) is 16.6 Å². The number of benzene rings is 3. The van der Waals surface area contributed by atoms with Gasteiger partial charge in [0.05, 0.1) is 29.4 Å². The molecule has 0 spiro atoms. The zero-order valence-electron chi connectivity index (χ0n) is 17.0. The molecule has 0 saturated carbocycles. The molecule has 164 valence electrons. The summed E-state index contributed by atoms with van der Waals surface area (Å²) >= 11 is 5.94. The van der Waals surface area contributed by atoms with Crippen molar-refractivity contribution in [3.63, 3.8) is 0 Å². The summed E-state index contributed by atoms with van der Waals surface area (Å²) in [7, 11) is -2.95. The van der Waals surface area contributed by atoms with Gasteiger partial charge in [-0.05, 0) is 55.5 Å². The van der Waals surface area contributed by atoms with E-state index in [9.17, 15) is 17.6 Å². The third-order valence-corrected chi connectivity index (χ3v) is 6.43. The smallest absolute Gasteiger partial charge is 0.265 e. The molecule has 0 bridgehead atoms. The van der Waals surface area contributed by atoms with Gasteiger partial charge in [0.25, 0.3) is 15.6 Å². The van der Waals surface area contributed by atoms with E-state index in [-0.39, 0.29) is 32.6 Å². The number of aryl methyl sites for hydroxylation is 1. The monoisotopic (exact) mass is 473 g/mol. The molecule has 1 heterocycles. The van der Waals surface area contributed by atoms with Crippen LogP contribution in [0.15, 0.2) is 70.4 Å². The number of para-hydroxylation sites is 1. The maximum atomic E-state index is 14.6. The fraction of sp³-hybridized carbons (Fsp3) is 0.0909. The molecule has 0 aliphatic heterocycles. The Bertz CT molecular complexity index is 1520. The molecule has 0 fully saturated rings. The first-order valence-electron chi connectivity index (χ1n) is 9.36. The summed E-state index contributed by atoms with van der Waals surface area (Å²) in [4.78, 5) is 17.2. The van der Waals surface area contributed by atoms with Gasteiger partial charge < -0.3 is 4.74 Å². The second-order valence-corrected chi connectivity index (χ2v) is 8.97. The van der Waals surface area contributed by atoms with Crippen LogP contribution >= 0.6 is 11.6 Å². The summed E-state index contributed by atoms with van der Waals surface area (Å²) in [6.07, 6.45) is 0. The van der Waals surface area contributed by atoms with Crippen LogP contribution in [-0.4, -0.2) is 25.1 Å². The average molecular weight is 474 g/mol. The standard InChI is InChI=1S/C22H17ClFN3O4S/c1-13-25-18-6-4-3-5-16(18)22(28)27(13)15-8-9-17(24)19(12-15)26-32(29,30)21-11-14(23)7-10-20(21)31-2/h3-12,26H,1-2H3. The molecule has 3 aromatic carbocycles. The van der Waals surface area contributed by atoms with E-state index in [1.165, 1.54) is 42.0 Å². The predicted molar refractivity (Wildman–Crippen MR) is 121 cm³/mol. The highest BCUT2D eigenvalue weighted by Crippen LogP contribution is 2.30. The van der Waals surface area contributed by atoms with E-state index >= 15 is 0 Å². The zero-order valence-corrected chi connectivity index (χ0v) is 18.5. The van der Waals surface area contributed by atoms with Gasteiger partial charge in [0, 0.05) is 5.02 Å². The number of hydrogen-bond acceptors (Lipinski definition) is 5. The molecule has 32 heavy (non-hydrogen) atoms. The van der Waals surface area contributed by atoms with Crippen LogP contribution in [0.5, 0.6) is 5.75 Å². The second kappa shape index (κ2) is 8.25. The van der Waals surface area contributed by atoms with Crippen LogP contribution < -0.4 is 15.0 Å². The molecule has 0 unspecified atom stereocenters. The van der Waals surface area contributed by atoms with Crippen molar-refractivity contribution in [2.24, 2.45) is 0 Å². The SMILES string of the molecule is COc1ccc(Cl)cc1S(=O)(=O)Nc1cc(-n2c(C)nc3ccccc3c2=O)ccc1F. The Balaban J connectivity index is 1.83. The molecular weight excluding hydrogens is 457 g/mol. The number of halogens is 2. The molecule has 0 amide bonds. The van der Waals surface area contributed by atoms with Crippen molar-refractivity contribution in [3.8, 4) is 11.4 Å². The zero-order chi connectivity index (χ0) is 23.0. The predicted octanol–water partition coefficient (Wildman–Crippen LogP) is 4.30. The first kappa shape index (κ1) is 21.8. The molecule has 4 aromatic rings. The van der Waals surface area contributed by atoms with E-state index in [0.29, 0.717) is 16.7 Å². The third kappa shape index (κ3) is 3.92. The van der Waals surface area contributed by atoms with E-state index in [1.54, 1.807) is 31.2 Å². The molecule has 1 aromatic heterocycles. The summed E-state index contributed by atoms with van der Waals surface area (Å²) in [6, 6.07) is 14.6. The Hall–Kier alpha value is -3.43. The molecule has 0 aliphatic carbocycles. The number of ether oxygens (including phenoxy) is 1. The number of hydrogen-bond donors (Lipinski definition) is 1. The highest BCUT2D eigenvalue weighted by Gasteiger charge is 2.22. The number of rotatable bonds is 5. The molecule has 0 aliphatic rings. The number of aromatic nitrogens is 2. The minimum atomic E-state index is -4.26. The molecular formula is C22H17ClFN3O4S. The normalized spacial score (nSPS) is 11.5. The van der Waals surface area contributed by atoms with Crippen molar-refractivity contribution in [2.45, 2.75) is 11.8 Å². The lowest BCUT2D eigenvalue weighted by molar-refractivity contribution is 0.403. The van der Waals surface area contributed by atoms with E-state index in [1.807, 2.05) is 0 Å². The molecule has 0 atom stereocenters. The Kier molecular flexibility index (Phi) is 5.62. The topological polar surface area (TPSA) is 90.3 Å². The van der Waals surface area contributed by atoms with E-state index in [0.717, 1.165) is 6.07 Å². The van der Waals surface area contributed by atoms with Crippen molar-refractivity contribution in [2.75, 3.05) is 11.8 Å². The molecule has 0 radical (unpaired) electrons. The van der Waals surface area contributed by atoms with Crippen LogP contribution in [0.1, 0.15) is 5.82 Å². The van der Waals surface area contributed by atoms with Crippen LogP contribution in [0.4, 0.5) is 10.1 Å². The highest BCUT2D eigenvalue weighted by molar-refractivity contribution is 7.92. The Morgan fingerprint density at radius 2 is 1.84 bits per heavy atom. The van der Waals surface area contributed by atoms with Gasteiger partial charge in [-0.25, -0.2) is 17.8 Å². The molecule has 1 N–H and O–H groups in total. The van der Waals surface area contributed by atoms with Crippen molar-refractivity contribution in [1.29, 1.82) is 0 Å². The maximum Gasteiger partial charge on any atom is 0.265 e. The maximum absolute atomic E-state index is 14.6. The first-order valence-corrected chi connectivity index (χ1v) is 11.2. The summed E-state index contributed by atoms with van der Waals surface area (Å²) < 4.78 is 49.0. The molecule has 4 rings (SSSR count). The number of nitrogens with zero attached hydrogens (tertiary/aromatic N) is 2. The van der Waals surface area contributed by atoms with Gasteiger partial charge in [0.2, 0.25) is 0 Å². The minimum absolute atomic E-state index is 0.0456. The van der Waals surface area contributed by atoms with Gasteiger partial charge in [-0.2, -0.15) is 0 Å². The lowest BCUT2D eigenvalue weighted by Crippen LogP contribution is -2.22. The lowest BCUT2D eigenvalue weighted by Gasteiger charge is -2.15. The van der Waals surface area contributed by atoms with Gasteiger partial charge in [-0.3, -0.25) is 14.1 Å². The molecule has 0 saturated heterocycles. The van der Waals surface area contributed by atoms with Crippen molar-refractivity contribution in [1.82, 2.24) is 9.55 Å². The van der Waals surface area contributed by atoms with Crippen molar-refractivity contribution < 1.29 is 17.5 Å². The van der Waals surface area contributed by atoms with Crippen molar-refractivity contribution in [3.05, 3.63) is 87.7 Å².